The molecule has 20 heavy (non-hydrogen) atoms. The number of aromatic carboxylic acids is 1. The first-order valence-corrected chi connectivity index (χ1v) is 6.20. The average Bonchev–Trinajstić information content (AvgIpc) is 2.46. The van der Waals surface area contributed by atoms with Crippen LogP contribution in [0.1, 0.15) is 10.4 Å². The van der Waals surface area contributed by atoms with E-state index >= 15 is 0 Å². The Bertz CT molecular complexity index is 652. The zero-order valence-electron chi connectivity index (χ0n) is 11.0. The average molecular weight is 293 g/mol. The molecule has 4 nitrogen and oxygen atoms in total. The lowest BCUT2D eigenvalue weighted by atomic mass is 10.0. The molecule has 0 unspecified atom stereocenters. The highest BCUT2D eigenvalue weighted by Crippen LogP contribution is 2.37. The van der Waals surface area contributed by atoms with Crippen molar-refractivity contribution in [3.8, 4) is 22.6 Å². The lowest BCUT2D eigenvalue weighted by Gasteiger charge is -2.12. The Hall–Kier alpha value is -2.20. The van der Waals surface area contributed by atoms with Crippen LogP contribution in [0.4, 0.5) is 0 Å². The number of carbonyl (C=O) groups is 1. The highest BCUT2D eigenvalue weighted by Gasteiger charge is 2.13. The predicted molar refractivity (Wildman–Crippen MR) is 77.0 cm³/mol. The summed E-state index contributed by atoms with van der Waals surface area (Å²) in [6.07, 6.45) is 0. The van der Waals surface area contributed by atoms with Gasteiger partial charge in [0.1, 0.15) is 11.5 Å². The van der Waals surface area contributed by atoms with Gasteiger partial charge in [0.25, 0.3) is 0 Å². The monoisotopic (exact) mass is 292 g/mol. The third-order valence-corrected chi connectivity index (χ3v) is 3.23. The van der Waals surface area contributed by atoms with Gasteiger partial charge in [0.05, 0.1) is 19.8 Å². The number of halogens is 1. The molecule has 0 aromatic heterocycles. The van der Waals surface area contributed by atoms with Crippen LogP contribution in [-0.4, -0.2) is 25.3 Å². The van der Waals surface area contributed by atoms with Crippen molar-refractivity contribution in [2.75, 3.05) is 14.2 Å². The summed E-state index contributed by atoms with van der Waals surface area (Å²) >= 11 is 6.16. The summed E-state index contributed by atoms with van der Waals surface area (Å²) in [7, 11) is 3.13. The van der Waals surface area contributed by atoms with Gasteiger partial charge in [-0.2, -0.15) is 0 Å². The van der Waals surface area contributed by atoms with Gasteiger partial charge >= 0.3 is 5.97 Å². The van der Waals surface area contributed by atoms with Crippen molar-refractivity contribution in [1.29, 1.82) is 0 Å². The molecule has 0 spiro atoms. The van der Waals surface area contributed by atoms with E-state index in [-0.39, 0.29) is 5.56 Å². The van der Waals surface area contributed by atoms with Crippen molar-refractivity contribution < 1.29 is 19.4 Å². The van der Waals surface area contributed by atoms with E-state index in [9.17, 15) is 4.79 Å². The third-order valence-electron chi connectivity index (χ3n) is 2.91. The number of hydrogen-bond donors (Lipinski definition) is 1. The largest absolute Gasteiger partial charge is 0.497 e. The summed E-state index contributed by atoms with van der Waals surface area (Å²) in [5.41, 5.74) is 1.62. The van der Waals surface area contributed by atoms with E-state index in [2.05, 4.69) is 0 Å². The first-order chi connectivity index (χ1) is 9.56. The number of ether oxygens (including phenoxy) is 2. The molecule has 0 radical (unpaired) electrons. The molecule has 0 atom stereocenters. The fraction of sp³-hybridized carbons (Fsp3) is 0.133. The van der Waals surface area contributed by atoms with E-state index in [0.29, 0.717) is 22.1 Å². The summed E-state index contributed by atoms with van der Waals surface area (Å²) in [6, 6.07) is 9.95. The lowest BCUT2D eigenvalue weighted by Crippen LogP contribution is -1.96. The van der Waals surface area contributed by atoms with Crippen LogP contribution in [0.2, 0.25) is 5.02 Å². The van der Waals surface area contributed by atoms with E-state index in [1.54, 1.807) is 32.4 Å². The molecule has 0 amide bonds. The van der Waals surface area contributed by atoms with Gasteiger partial charge in [-0.1, -0.05) is 17.7 Å². The second-order valence-electron chi connectivity index (χ2n) is 4.07. The highest BCUT2D eigenvalue weighted by atomic mass is 35.5. The molecular weight excluding hydrogens is 280 g/mol. The minimum absolute atomic E-state index is 0.145. The number of benzene rings is 2. The zero-order chi connectivity index (χ0) is 14.7. The van der Waals surface area contributed by atoms with Gasteiger partial charge in [-0.05, 0) is 24.3 Å². The minimum Gasteiger partial charge on any atom is -0.497 e. The molecule has 0 heterocycles. The van der Waals surface area contributed by atoms with Crippen molar-refractivity contribution in [2.24, 2.45) is 0 Å². The summed E-state index contributed by atoms with van der Waals surface area (Å²) in [4.78, 5) is 10.9. The Labute approximate surface area is 121 Å². The number of hydrogen-bond acceptors (Lipinski definition) is 3. The maximum absolute atomic E-state index is 10.9. The fourth-order valence-corrected chi connectivity index (χ4v) is 2.17. The second kappa shape index (κ2) is 5.84. The van der Waals surface area contributed by atoms with Gasteiger partial charge in [-0.3, -0.25) is 0 Å². The molecule has 0 fully saturated rings. The molecule has 0 saturated heterocycles. The Morgan fingerprint density at radius 1 is 1.05 bits per heavy atom. The Kier molecular flexibility index (Phi) is 4.15. The Morgan fingerprint density at radius 2 is 1.75 bits per heavy atom. The van der Waals surface area contributed by atoms with Crippen LogP contribution < -0.4 is 9.47 Å². The van der Waals surface area contributed by atoms with E-state index < -0.39 is 5.97 Å². The van der Waals surface area contributed by atoms with Crippen LogP contribution in [-0.2, 0) is 0 Å². The Balaban J connectivity index is 2.53. The smallest absolute Gasteiger partial charge is 0.335 e. The number of carboxylic acid groups (broad SMARTS) is 1. The van der Waals surface area contributed by atoms with Gasteiger partial charge in [0.15, 0.2) is 0 Å². The number of carboxylic acids is 1. The SMILES string of the molecule is COc1ccc(-c2ccc(C(=O)O)cc2Cl)c(OC)c1. The molecule has 2 rings (SSSR count). The van der Waals surface area contributed by atoms with Gasteiger partial charge in [-0.25, -0.2) is 4.79 Å². The van der Waals surface area contributed by atoms with E-state index in [1.165, 1.54) is 12.1 Å². The van der Waals surface area contributed by atoms with Crippen LogP contribution in [0.5, 0.6) is 11.5 Å². The molecule has 0 saturated carbocycles. The number of methoxy groups -OCH3 is 2. The standard InChI is InChI=1S/C15H13ClO4/c1-19-10-4-6-12(14(8-10)20-2)11-5-3-9(15(17)18)7-13(11)16/h3-8H,1-2H3,(H,17,18). The summed E-state index contributed by atoms with van der Waals surface area (Å²) in [6.45, 7) is 0. The minimum atomic E-state index is -1.01. The lowest BCUT2D eigenvalue weighted by molar-refractivity contribution is 0.0697. The third kappa shape index (κ3) is 2.70. The van der Waals surface area contributed by atoms with Crippen molar-refractivity contribution in [3.05, 3.63) is 47.0 Å². The van der Waals surface area contributed by atoms with Crippen LogP contribution in [0, 0.1) is 0 Å². The van der Waals surface area contributed by atoms with Crippen LogP contribution >= 0.6 is 11.6 Å². The molecule has 1 N–H and O–H groups in total. The van der Waals surface area contributed by atoms with Gasteiger partial charge in [0.2, 0.25) is 0 Å². The summed E-state index contributed by atoms with van der Waals surface area (Å²) in [5, 5.41) is 9.29. The molecule has 0 aliphatic carbocycles. The quantitative estimate of drug-likeness (QED) is 0.933. The Morgan fingerprint density at radius 3 is 2.30 bits per heavy atom. The predicted octanol–water partition coefficient (Wildman–Crippen LogP) is 3.72. The highest BCUT2D eigenvalue weighted by molar-refractivity contribution is 6.33. The first-order valence-electron chi connectivity index (χ1n) is 5.82. The molecule has 0 aliphatic heterocycles. The molecular formula is C15H13ClO4. The molecule has 5 heteroatoms. The molecule has 0 aliphatic rings. The maximum Gasteiger partial charge on any atom is 0.335 e. The van der Waals surface area contributed by atoms with Crippen molar-refractivity contribution in [1.82, 2.24) is 0 Å². The molecule has 2 aromatic rings. The van der Waals surface area contributed by atoms with Crippen LogP contribution in [0.3, 0.4) is 0 Å². The van der Waals surface area contributed by atoms with E-state index in [0.717, 1.165) is 5.56 Å². The fourth-order valence-electron chi connectivity index (χ4n) is 1.89. The summed E-state index contributed by atoms with van der Waals surface area (Å²) in [5.74, 6) is 0.262. The van der Waals surface area contributed by atoms with Gasteiger partial charge in [-0.15, -0.1) is 0 Å². The molecule has 2 aromatic carbocycles. The van der Waals surface area contributed by atoms with Gasteiger partial charge in [0, 0.05) is 22.2 Å². The molecule has 0 bridgehead atoms. The van der Waals surface area contributed by atoms with E-state index in [4.69, 9.17) is 26.2 Å². The molecule has 104 valence electrons. The second-order valence-corrected chi connectivity index (χ2v) is 4.47. The van der Waals surface area contributed by atoms with Crippen molar-refractivity contribution >= 4 is 17.6 Å². The van der Waals surface area contributed by atoms with Crippen molar-refractivity contribution in [2.45, 2.75) is 0 Å². The van der Waals surface area contributed by atoms with Crippen molar-refractivity contribution in [3.63, 3.8) is 0 Å². The topological polar surface area (TPSA) is 55.8 Å². The van der Waals surface area contributed by atoms with Crippen LogP contribution in [0.15, 0.2) is 36.4 Å². The van der Waals surface area contributed by atoms with Crippen LogP contribution in [0.25, 0.3) is 11.1 Å². The zero-order valence-corrected chi connectivity index (χ0v) is 11.8. The number of rotatable bonds is 4. The van der Waals surface area contributed by atoms with E-state index in [1.807, 2.05) is 6.07 Å². The maximum atomic E-state index is 10.9. The normalized spacial score (nSPS) is 10.2. The van der Waals surface area contributed by atoms with Gasteiger partial charge < -0.3 is 14.6 Å². The summed E-state index contributed by atoms with van der Waals surface area (Å²) < 4.78 is 10.5. The first kappa shape index (κ1) is 14.2.